The summed E-state index contributed by atoms with van der Waals surface area (Å²) >= 11 is 0. The molecule has 108 valence electrons. The Kier molecular flexibility index (Phi) is 4.61. The van der Waals surface area contributed by atoms with Crippen LogP contribution < -0.4 is 10.5 Å². The molecule has 0 saturated heterocycles. The monoisotopic (exact) mass is 274 g/mol. The van der Waals surface area contributed by atoms with E-state index in [1.54, 1.807) is 0 Å². The maximum atomic E-state index is 6.02. The highest BCUT2D eigenvalue weighted by atomic mass is 16.5. The van der Waals surface area contributed by atoms with E-state index in [-0.39, 0.29) is 6.04 Å². The van der Waals surface area contributed by atoms with E-state index in [0.29, 0.717) is 18.2 Å². The Morgan fingerprint density at radius 1 is 1.30 bits per heavy atom. The minimum Gasteiger partial charge on any atom is -0.476 e. The molecular formula is C15H22N4O. The highest BCUT2D eigenvalue weighted by Gasteiger charge is 2.15. The third-order valence-electron chi connectivity index (χ3n) is 3.17. The summed E-state index contributed by atoms with van der Waals surface area (Å²) in [6, 6.07) is 4.29. The second kappa shape index (κ2) is 6.41. The van der Waals surface area contributed by atoms with Crippen molar-refractivity contribution in [3.05, 3.63) is 35.8 Å². The van der Waals surface area contributed by atoms with Gasteiger partial charge in [-0.2, -0.15) is 5.10 Å². The van der Waals surface area contributed by atoms with Gasteiger partial charge in [-0.1, -0.05) is 0 Å². The second-order valence-corrected chi connectivity index (χ2v) is 5.15. The first-order chi connectivity index (χ1) is 9.59. The molecule has 0 amide bonds. The summed E-state index contributed by atoms with van der Waals surface area (Å²) in [6.45, 7) is 6.66. The van der Waals surface area contributed by atoms with Crippen molar-refractivity contribution in [1.29, 1.82) is 0 Å². The van der Waals surface area contributed by atoms with Gasteiger partial charge >= 0.3 is 0 Å². The SMILES string of the molecule is Cc1nn(C(C)C)c(OCCCc2ccncc2)c1N. The topological polar surface area (TPSA) is 66.0 Å². The van der Waals surface area contributed by atoms with Crippen LogP contribution in [0.3, 0.4) is 0 Å². The zero-order valence-corrected chi connectivity index (χ0v) is 12.3. The lowest BCUT2D eigenvalue weighted by Gasteiger charge is -2.12. The quantitative estimate of drug-likeness (QED) is 0.823. The van der Waals surface area contributed by atoms with Crippen molar-refractivity contribution in [3.8, 4) is 5.88 Å². The number of pyridine rings is 1. The van der Waals surface area contributed by atoms with Gasteiger partial charge in [0.05, 0.1) is 18.3 Å². The van der Waals surface area contributed by atoms with Crippen LogP contribution in [0.5, 0.6) is 5.88 Å². The van der Waals surface area contributed by atoms with Crippen molar-refractivity contribution in [2.24, 2.45) is 0 Å². The van der Waals surface area contributed by atoms with Gasteiger partial charge in [0.25, 0.3) is 0 Å². The molecule has 2 heterocycles. The summed E-state index contributed by atoms with van der Waals surface area (Å²) < 4.78 is 7.68. The van der Waals surface area contributed by atoms with Crippen LogP contribution in [0, 0.1) is 6.92 Å². The van der Waals surface area contributed by atoms with Gasteiger partial charge < -0.3 is 10.5 Å². The Morgan fingerprint density at radius 3 is 2.65 bits per heavy atom. The normalized spacial score (nSPS) is 11.0. The highest BCUT2D eigenvalue weighted by molar-refractivity contribution is 5.52. The molecule has 5 nitrogen and oxygen atoms in total. The first-order valence-corrected chi connectivity index (χ1v) is 6.96. The largest absolute Gasteiger partial charge is 0.476 e. The van der Waals surface area contributed by atoms with E-state index in [1.165, 1.54) is 5.56 Å². The van der Waals surface area contributed by atoms with Gasteiger partial charge in [-0.15, -0.1) is 0 Å². The molecule has 0 saturated carbocycles. The molecule has 0 aromatic carbocycles. The standard InChI is InChI=1S/C15H22N4O/c1-11(2)19-15(14(16)12(3)18-19)20-10-4-5-13-6-8-17-9-7-13/h6-9,11H,4-5,10,16H2,1-3H3. The van der Waals surface area contributed by atoms with Crippen molar-refractivity contribution in [1.82, 2.24) is 14.8 Å². The molecule has 0 radical (unpaired) electrons. The van der Waals surface area contributed by atoms with E-state index < -0.39 is 0 Å². The lowest BCUT2D eigenvalue weighted by Crippen LogP contribution is -2.09. The molecule has 2 aromatic heterocycles. The molecule has 0 spiro atoms. The highest BCUT2D eigenvalue weighted by Crippen LogP contribution is 2.28. The zero-order chi connectivity index (χ0) is 14.5. The first kappa shape index (κ1) is 14.4. The number of ether oxygens (including phenoxy) is 1. The maximum Gasteiger partial charge on any atom is 0.236 e. The average molecular weight is 274 g/mol. The van der Waals surface area contributed by atoms with Gasteiger partial charge in [0.15, 0.2) is 0 Å². The smallest absolute Gasteiger partial charge is 0.236 e. The van der Waals surface area contributed by atoms with Gasteiger partial charge in [-0.25, -0.2) is 4.68 Å². The predicted molar refractivity (Wildman–Crippen MR) is 79.8 cm³/mol. The van der Waals surface area contributed by atoms with Crippen LogP contribution in [0.2, 0.25) is 0 Å². The van der Waals surface area contributed by atoms with Crippen LogP contribution in [0.25, 0.3) is 0 Å². The Balaban J connectivity index is 1.91. The summed E-state index contributed by atoms with van der Waals surface area (Å²) in [5.41, 5.74) is 8.75. The molecule has 2 rings (SSSR count). The van der Waals surface area contributed by atoms with Crippen LogP contribution in [-0.4, -0.2) is 21.4 Å². The molecule has 2 aromatic rings. The molecule has 0 unspecified atom stereocenters. The molecule has 0 fully saturated rings. The number of nitrogens with two attached hydrogens (primary N) is 1. The third kappa shape index (κ3) is 3.29. The Bertz CT molecular complexity index is 549. The van der Waals surface area contributed by atoms with Crippen LogP contribution in [-0.2, 0) is 6.42 Å². The van der Waals surface area contributed by atoms with Gasteiger partial charge in [-0.3, -0.25) is 4.98 Å². The van der Waals surface area contributed by atoms with Crippen molar-refractivity contribution in [3.63, 3.8) is 0 Å². The van der Waals surface area contributed by atoms with Crippen LogP contribution >= 0.6 is 0 Å². The number of aryl methyl sites for hydroxylation is 2. The summed E-state index contributed by atoms with van der Waals surface area (Å²) in [5.74, 6) is 0.687. The Labute approximate surface area is 119 Å². The lowest BCUT2D eigenvalue weighted by atomic mass is 10.1. The van der Waals surface area contributed by atoms with Crippen molar-refractivity contribution in [2.75, 3.05) is 12.3 Å². The maximum absolute atomic E-state index is 6.02. The number of hydrogen-bond donors (Lipinski definition) is 1. The third-order valence-corrected chi connectivity index (χ3v) is 3.17. The minimum atomic E-state index is 0.237. The summed E-state index contributed by atoms with van der Waals surface area (Å²) in [4.78, 5) is 4.01. The summed E-state index contributed by atoms with van der Waals surface area (Å²) in [6.07, 6.45) is 5.53. The van der Waals surface area contributed by atoms with Crippen LogP contribution in [0.1, 0.15) is 37.6 Å². The average Bonchev–Trinajstić information content (AvgIpc) is 2.73. The molecule has 2 N–H and O–H groups in total. The molecule has 0 aliphatic carbocycles. The van der Waals surface area contributed by atoms with E-state index in [2.05, 4.69) is 23.9 Å². The second-order valence-electron chi connectivity index (χ2n) is 5.15. The van der Waals surface area contributed by atoms with E-state index in [1.807, 2.05) is 36.1 Å². The lowest BCUT2D eigenvalue weighted by molar-refractivity contribution is 0.272. The molecule has 0 bridgehead atoms. The van der Waals surface area contributed by atoms with E-state index in [4.69, 9.17) is 10.5 Å². The number of nitrogen functional groups attached to an aromatic ring is 1. The van der Waals surface area contributed by atoms with Crippen molar-refractivity contribution >= 4 is 5.69 Å². The van der Waals surface area contributed by atoms with Crippen molar-refractivity contribution in [2.45, 2.75) is 39.7 Å². The Hall–Kier alpha value is -2.04. The fourth-order valence-corrected chi connectivity index (χ4v) is 2.03. The summed E-state index contributed by atoms with van der Waals surface area (Å²) in [5, 5.41) is 4.40. The first-order valence-electron chi connectivity index (χ1n) is 6.96. The molecule has 5 heteroatoms. The van der Waals surface area contributed by atoms with Gasteiger partial charge in [-0.05, 0) is 51.3 Å². The fourth-order valence-electron chi connectivity index (χ4n) is 2.03. The van der Waals surface area contributed by atoms with E-state index in [0.717, 1.165) is 18.5 Å². The summed E-state index contributed by atoms with van der Waals surface area (Å²) in [7, 11) is 0. The Morgan fingerprint density at radius 2 is 2.00 bits per heavy atom. The molecule has 0 aliphatic heterocycles. The molecule has 20 heavy (non-hydrogen) atoms. The van der Waals surface area contributed by atoms with Crippen molar-refractivity contribution < 1.29 is 4.74 Å². The number of nitrogens with zero attached hydrogens (tertiary/aromatic N) is 3. The molecular weight excluding hydrogens is 252 g/mol. The number of aromatic nitrogens is 3. The van der Waals surface area contributed by atoms with Crippen LogP contribution in [0.15, 0.2) is 24.5 Å². The fraction of sp³-hybridized carbons (Fsp3) is 0.467. The number of anilines is 1. The predicted octanol–water partition coefficient (Wildman–Crippen LogP) is 2.76. The van der Waals surface area contributed by atoms with Gasteiger partial charge in [0.2, 0.25) is 5.88 Å². The van der Waals surface area contributed by atoms with Crippen LogP contribution in [0.4, 0.5) is 5.69 Å². The van der Waals surface area contributed by atoms with E-state index in [9.17, 15) is 0 Å². The molecule has 0 aliphatic rings. The minimum absolute atomic E-state index is 0.237. The van der Waals surface area contributed by atoms with Gasteiger partial charge in [0, 0.05) is 12.4 Å². The number of hydrogen-bond acceptors (Lipinski definition) is 4. The zero-order valence-electron chi connectivity index (χ0n) is 12.3. The molecule has 0 atom stereocenters. The number of rotatable bonds is 6. The van der Waals surface area contributed by atoms with Gasteiger partial charge in [0.1, 0.15) is 5.69 Å². The van der Waals surface area contributed by atoms with E-state index >= 15 is 0 Å².